The molecule has 1 aliphatic carbocycles. The Morgan fingerprint density at radius 3 is 2.50 bits per heavy atom. The third-order valence-electron chi connectivity index (χ3n) is 6.04. The van der Waals surface area contributed by atoms with Crippen molar-refractivity contribution in [3.8, 4) is 0 Å². The smallest absolute Gasteiger partial charge is 0.288 e. The first-order valence-electron chi connectivity index (χ1n) is 11.0. The molecule has 1 amide bonds. The predicted molar refractivity (Wildman–Crippen MR) is 131 cm³/mol. The maximum absolute atomic E-state index is 13.7. The minimum atomic E-state index is -0.688. The van der Waals surface area contributed by atoms with Crippen molar-refractivity contribution in [3.05, 3.63) is 105 Å². The second-order valence-electron chi connectivity index (χ2n) is 8.51. The van der Waals surface area contributed by atoms with Gasteiger partial charge in [0.25, 0.3) is 5.91 Å². The number of hydrogen-bond acceptors (Lipinski definition) is 3. The number of nitrogens with one attached hydrogen (secondary N) is 1. The Hall–Kier alpha value is -3.51. The number of halogens is 2. The maximum atomic E-state index is 13.7. The number of nitrogens with two attached hydrogens (primary N) is 1. The van der Waals surface area contributed by atoms with E-state index in [0.717, 1.165) is 28.7 Å². The van der Waals surface area contributed by atoms with E-state index in [4.69, 9.17) is 17.3 Å². The molecule has 3 aromatic rings. The van der Waals surface area contributed by atoms with Crippen molar-refractivity contribution in [2.24, 2.45) is 10.7 Å². The first-order chi connectivity index (χ1) is 16.3. The number of aliphatic imine (C=N–C) groups is 1. The fraction of sp³-hybridized carbons (Fsp3) is 0.222. The molecule has 0 fully saturated rings. The average molecular weight is 478 g/mol. The summed E-state index contributed by atoms with van der Waals surface area (Å²) in [6, 6.07) is 19.7. The zero-order valence-electron chi connectivity index (χ0n) is 18.7. The molecule has 3 N–H and O–H groups in total. The first-order valence-corrected chi connectivity index (χ1v) is 11.4. The molecule has 4 rings (SSSR count). The van der Waals surface area contributed by atoms with Crippen molar-refractivity contribution >= 4 is 29.1 Å². The van der Waals surface area contributed by atoms with Crippen molar-refractivity contribution in [2.45, 2.75) is 38.3 Å². The number of ketones is 1. The molecule has 0 bridgehead atoms. The van der Waals surface area contributed by atoms with E-state index < -0.39 is 17.5 Å². The van der Waals surface area contributed by atoms with Crippen LogP contribution >= 0.6 is 11.6 Å². The van der Waals surface area contributed by atoms with Crippen LogP contribution in [0, 0.1) is 5.82 Å². The zero-order chi connectivity index (χ0) is 24.2. The van der Waals surface area contributed by atoms with Crippen molar-refractivity contribution in [2.75, 3.05) is 0 Å². The maximum Gasteiger partial charge on any atom is 0.288 e. The number of Topliss-reactive ketones (excluding diaryl/α,β-unsaturated/α-hetero) is 1. The molecule has 0 aromatic heterocycles. The Bertz CT molecular complexity index is 1250. The quantitative estimate of drug-likeness (QED) is 0.295. The molecule has 2 atom stereocenters. The number of amidine groups is 1. The first kappa shape index (κ1) is 23.6. The lowest BCUT2D eigenvalue weighted by atomic mass is 9.91. The van der Waals surface area contributed by atoms with E-state index >= 15 is 0 Å². The predicted octanol–water partition coefficient (Wildman–Crippen LogP) is 4.67. The molecule has 0 saturated carbocycles. The van der Waals surface area contributed by atoms with Gasteiger partial charge in [-0.2, -0.15) is 0 Å². The molecular weight excluding hydrogens is 453 g/mol. The zero-order valence-corrected chi connectivity index (χ0v) is 19.5. The number of fused-ring (bicyclic) bond motifs is 1. The fourth-order valence-electron chi connectivity index (χ4n) is 4.31. The van der Waals surface area contributed by atoms with Crippen LogP contribution in [0.5, 0.6) is 0 Å². The second kappa shape index (κ2) is 10.2. The Morgan fingerprint density at radius 1 is 1.09 bits per heavy atom. The van der Waals surface area contributed by atoms with Crippen LogP contribution in [0.3, 0.4) is 0 Å². The standard InChI is InChI=1S/C27H25ClFN3O2/c1-16(30)31-15-17-6-9-19(10-7-17)22-14-20-4-2-3-5-21(20)26(22)32-27(34)25(33)13-18-8-11-23(28)24(29)12-18/h2-12,22,26H,13-15H2,1H3,(H2,30,31)(H,32,34)/t22-,26+/m1/s1. The Morgan fingerprint density at radius 2 is 1.79 bits per heavy atom. The van der Waals surface area contributed by atoms with Gasteiger partial charge in [0.1, 0.15) is 5.82 Å². The largest absolute Gasteiger partial charge is 0.388 e. The fourth-order valence-corrected chi connectivity index (χ4v) is 4.42. The summed E-state index contributed by atoms with van der Waals surface area (Å²) in [5.41, 5.74) is 10.3. The van der Waals surface area contributed by atoms with E-state index in [1.807, 2.05) is 48.5 Å². The lowest BCUT2D eigenvalue weighted by molar-refractivity contribution is -0.138. The SMILES string of the molecule is CC(N)=NCc1ccc([C@H]2Cc3ccccc3[C@@H]2NC(=O)C(=O)Cc2ccc(Cl)c(F)c2)cc1. The minimum Gasteiger partial charge on any atom is -0.388 e. The molecule has 174 valence electrons. The summed E-state index contributed by atoms with van der Waals surface area (Å²) < 4.78 is 13.7. The van der Waals surface area contributed by atoms with Gasteiger partial charge in [-0.1, -0.05) is 66.2 Å². The summed E-state index contributed by atoms with van der Waals surface area (Å²) in [5.74, 6) is -1.42. The van der Waals surface area contributed by atoms with Gasteiger partial charge >= 0.3 is 0 Å². The van der Waals surface area contributed by atoms with Gasteiger partial charge in [-0.05, 0) is 53.3 Å². The molecule has 0 saturated heterocycles. The van der Waals surface area contributed by atoms with Crippen LogP contribution in [0.2, 0.25) is 5.02 Å². The summed E-state index contributed by atoms with van der Waals surface area (Å²) in [7, 11) is 0. The lowest BCUT2D eigenvalue weighted by Gasteiger charge is -2.22. The number of benzene rings is 3. The lowest BCUT2D eigenvalue weighted by Crippen LogP contribution is -2.36. The number of rotatable bonds is 7. The molecule has 0 aliphatic heterocycles. The number of hydrogen-bond donors (Lipinski definition) is 2. The molecule has 5 nitrogen and oxygen atoms in total. The molecule has 3 aromatic carbocycles. The second-order valence-corrected chi connectivity index (χ2v) is 8.92. The average Bonchev–Trinajstić information content (AvgIpc) is 3.18. The molecule has 0 radical (unpaired) electrons. The number of carbonyl (C=O) groups is 2. The van der Waals surface area contributed by atoms with Crippen LogP contribution in [0.4, 0.5) is 4.39 Å². The van der Waals surface area contributed by atoms with E-state index in [9.17, 15) is 14.0 Å². The van der Waals surface area contributed by atoms with Crippen molar-refractivity contribution in [1.29, 1.82) is 0 Å². The van der Waals surface area contributed by atoms with Gasteiger partial charge in [-0.3, -0.25) is 14.6 Å². The third kappa shape index (κ3) is 5.34. The van der Waals surface area contributed by atoms with Gasteiger partial charge < -0.3 is 11.1 Å². The molecule has 0 unspecified atom stereocenters. The number of carbonyl (C=O) groups excluding carboxylic acids is 2. The number of nitrogens with zero attached hydrogens (tertiary/aromatic N) is 1. The van der Waals surface area contributed by atoms with Gasteiger partial charge in [0.2, 0.25) is 5.78 Å². The monoisotopic (exact) mass is 477 g/mol. The summed E-state index contributed by atoms with van der Waals surface area (Å²) in [6.07, 6.45) is 0.547. The Balaban J connectivity index is 1.52. The molecule has 1 aliphatic rings. The van der Waals surface area contributed by atoms with Crippen LogP contribution in [-0.2, 0) is 29.0 Å². The van der Waals surface area contributed by atoms with Gasteiger partial charge in [0.15, 0.2) is 0 Å². The number of amides is 1. The van der Waals surface area contributed by atoms with E-state index in [-0.39, 0.29) is 23.4 Å². The minimum absolute atomic E-state index is 0.0177. The summed E-state index contributed by atoms with van der Waals surface area (Å²) in [6.45, 7) is 2.26. The molecular formula is C27H25ClFN3O2. The van der Waals surface area contributed by atoms with E-state index in [1.54, 1.807) is 13.0 Å². The highest BCUT2D eigenvalue weighted by Gasteiger charge is 2.35. The summed E-state index contributed by atoms with van der Waals surface area (Å²) in [4.78, 5) is 29.7. The van der Waals surface area contributed by atoms with Gasteiger partial charge in [0, 0.05) is 12.3 Å². The Labute approximate surface area is 202 Å². The van der Waals surface area contributed by atoms with Crippen LogP contribution in [-0.4, -0.2) is 17.5 Å². The molecule has 34 heavy (non-hydrogen) atoms. The normalized spacial score (nSPS) is 17.3. The van der Waals surface area contributed by atoms with E-state index in [0.29, 0.717) is 17.9 Å². The van der Waals surface area contributed by atoms with Crippen molar-refractivity contribution in [1.82, 2.24) is 5.32 Å². The molecule has 0 spiro atoms. The third-order valence-corrected chi connectivity index (χ3v) is 6.35. The molecule has 7 heteroatoms. The highest BCUT2D eigenvalue weighted by Crippen LogP contribution is 2.42. The topological polar surface area (TPSA) is 84.5 Å². The van der Waals surface area contributed by atoms with Gasteiger partial charge in [-0.15, -0.1) is 0 Å². The van der Waals surface area contributed by atoms with Crippen LogP contribution in [0.15, 0.2) is 71.7 Å². The van der Waals surface area contributed by atoms with Crippen LogP contribution < -0.4 is 11.1 Å². The van der Waals surface area contributed by atoms with E-state index in [2.05, 4.69) is 10.3 Å². The van der Waals surface area contributed by atoms with Crippen LogP contribution in [0.25, 0.3) is 0 Å². The summed E-state index contributed by atoms with van der Waals surface area (Å²) >= 11 is 5.71. The highest BCUT2D eigenvalue weighted by atomic mass is 35.5. The van der Waals surface area contributed by atoms with Gasteiger partial charge in [0.05, 0.1) is 23.4 Å². The molecule has 0 heterocycles. The summed E-state index contributed by atoms with van der Waals surface area (Å²) in [5, 5.41) is 2.91. The van der Waals surface area contributed by atoms with Gasteiger partial charge in [-0.25, -0.2) is 4.39 Å². The van der Waals surface area contributed by atoms with Crippen molar-refractivity contribution in [3.63, 3.8) is 0 Å². The van der Waals surface area contributed by atoms with Crippen LogP contribution in [0.1, 0.15) is 46.7 Å². The van der Waals surface area contributed by atoms with Crippen molar-refractivity contribution < 1.29 is 14.0 Å². The Kier molecular flexibility index (Phi) is 7.08. The van der Waals surface area contributed by atoms with E-state index in [1.165, 1.54) is 12.1 Å². The highest BCUT2D eigenvalue weighted by molar-refractivity contribution is 6.36.